The van der Waals surface area contributed by atoms with Crippen LogP contribution in [0.4, 0.5) is 0 Å². The zero-order valence-corrected chi connectivity index (χ0v) is 17.5. The van der Waals surface area contributed by atoms with E-state index in [1.165, 1.54) is 11.8 Å². The van der Waals surface area contributed by atoms with E-state index in [0.717, 1.165) is 23.4 Å². The van der Waals surface area contributed by atoms with Crippen LogP contribution < -0.4 is 14.9 Å². The first-order valence-electron chi connectivity index (χ1n) is 9.18. The molecule has 1 aromatic heterocycles. The molecule has 2 rings (SSSR count). The molecule has 0 fully saturated rings. The Labute approximate surface area is 170 Å². The van der Waals surface area contributed by atoms with Gasteiger partial charge in [0.1, 0.15) is 0 Å². The van der Waals surface area contributed by atoms with Crippen molar-refractivity contribution in [3.8, 4) is 11.5 Å². The number of carbonyl (C=O) groups is 1. The van der Waals surface area contributed by atoms with Crippen LogP contribution in [-0.2, 0) is 4.79 Å². The van der Waals surface area contributed by atoms with Crippen molar-refractivity contribution in [2.24, 2.45) is 5.10 Å². The summed E-state index contributed by atoms with van der Waals surface area (Å²) in [7, 11) is 0. The van der Waals surface area contributed by atoms with E-state index < -0.39 is 0 Å². The van der Waals surface area contributed by atoms with Crippen LogP contribution in [0.15, 0.2) is 34.5 Å². The van der Waals surface area contributed by atoms with Gasteiger partial charge in [-0.3, -0.25) is 4.79 Å². The lowest BCUT2D eigenvalue weighted by Gasteiger charge is -2.11. The van der Waals surface area contributed by atoms with Crippen molar-refractivity contribution in [1.29, 1.82) is 0 Å². The Balaban J connectivity index is 1.90. The fraction of sp³-hybridized carbons (Fsp3) is 0.400. The summed E-state index contributed by atoms with van der Waals surface area (Å²) in [5, 5.41) is 4.59. The predicted molar refractivity (Wildman–Crippen MR) is 111 cm³/mol. The lowest BCUT2D eigenvalue weighted by atomic mass is 10.2. The highest BCUT2D eigenvalue weighted by Gasteiger charge is 2.07. The number of hydrazone groups is 1. The van der Waals surface area contributed by atoms with E-state index in [1.54, 1.807) is 6.21 Å². The van der Waals surface area contributed by atoms with E-state index in [9.17, 15) is 4.79 Å². The molecule has 2 aromatic rings. The van der Waals surface area contributed by atoms with Gasteiger partial charge in [-0.05, 0) is 57.0 Å². The Hall–Kier alpha value is -2.61. The van der Waals surface area contributed by atoms with Crippen molar-refractivity contribution in [1.82, 2.24) is 15.4 Å². The maximum Gasteiger partial charge on any atom is 0.250 e. The average Bonchev–Trinajstić information content (AvgIpc) is 2.65. The summed E-state index contributed by atoms with van der Waals surface area (Å²) >= 11 is 1.28. The number of aromatic nitrogens is 2. The molecule has 0 atom stereocenters. The van der Waals surface area contributed by atoms with Gasteiger partial charge in [0, 0.05) is 11.4 Å². The van der Waals surface area contributed by atoms with Crippen LogP contribution >= 0.6 is 11.8 Å². The molecule has 0 aliphatic heterocycles. The third-order valence-corrected chi connectivity index (χ3v) is 4.27. The van der Waals surface area contributed by atoms with Crippen molar-refractivity contribution in [3.63, 3.8) is 0 Å². The number of ether oxygens (including phenoxy) is 2. The quantitative estimate of drug-likeness (QED) is 0.283. The summed E-state index contributed by atoms with van der Waals surface area (Å²) in [6.45, 7) is 8.94. The lowest BCUT2D eigenvalue weighted by molar-refractivity contribution is -0.118. The summed E-state index contributed by atoms with van der Waals surface area (Å²) in [5.74, 6) is 1.33. The highest BCUT2D eigenvalue weighted by molar-refractivity contribution is 7.99. The number of hydrogen-bond acceptors (Lipinski definition) is 7. The second-order valence-corrected chi connectivity index (χ2v) is 6.95. The minimum atomic E-state index is -0.225. The zero-order chi connectivity index (χ0) is 20.4. The molecule has 0 bridgehead atoms. The molecule has 150 valence electrons. The second kappa shape index (κ2) is 11.3. The molecule has 0 aliphatic carbocycles. The van der Waals surface area contributed by atoms with E-state index in [-0.39, 0.29) is 11.7 Å². The maximum atomic E-state index is 12.0. The normalized spacial score (nSPS) is 10.9. The maximum absolute atomic E-state index is 12.0. The smallest absolute Gasteiger partial charge is 0.250 e. The van der Waals surface area contributed by atoms with Gasteiger partial charge in [-0.25, -0.2) is 15.4 Å². The average molecular weight is 403 g/mol. The molecule has 1 N–H and O–H groups in total. The Morgan fingerprint density at radius 2 is 1.89 bits per heavy atom. The number of hydrogen-bond donors (Lipinski definition) is 1. The molecule has 0 aliphatic rings. The van der Waals surface area contributed by atoms with Crippen LogP contribution in [0.25, 0.3) is 0 Å². The van der Waals surface area contributed by atoms with E-state index in [4.69, 9.17) is 9.47 Å². The Morgan fingerprint density at radius 1 is 1.14 bits per heavy atom. The van der Waals surface area contributed by atoms with Gasteiger partial charge in [0.15, 0.2) is 16.7 Å². The van der Waals surface area contributed by atoms with Crippen LogP contribution in [0, 0.1) is 13.8 Å². The molecule has 0 spiro atoms. The molecule has 7 nitrogen and oxygen atoms in total. The van der Waals surface area contributed by atoms with Gasteiger partial charge in [-0.15, -0.1) is 0 Å². The standard InChI is InChI=1S/C20H26N4O3S/c1-5-9-27-17-8-7-16(11-18(17)26-6-2)12-21-24-19(25)13-28-20-22-14(3)10-15(4)23-20/h7-8,10-12H,5-6,9,13H2,1-4H3,(H,24,25)/b21-12+. The van der Waals surface area contributed by atoms with Gasteiger partial charge < -0.3 is 9.47 Å². The monoisotopic (exact) mass is 402 g/mol. The second-order valence-electron chi connectivity index (χ2n) is 6.00. The van der Waals surface area contributed by atoms with E-state index in [1.807, 2.05) is 45.0 Å². The summed E-state index contributed by atoms with van der Waals surface area (Å²) in [6.07, 6.45) is 2.49. The van der Waals surface area contributed by atoms with Crippen molar-refractivity contribution in [2.45, 2.75) is 39.3 Å². The van der Waals surface area contributed by atoms with E-state index >= 15 is 0 Å². The molecule has 1 heterocycles. The van der Waals surface area contributed by atoms with Gasteiger partial charge in [0.25, 0.3) is 5.91 Å². The van der Waals surface area contributed by atoms with Crippen molar-refractivity contribution >= 4 is 23.9 Å². The topological polar surface area (TPSA) is 85.7 Å². The van der Waals surface area contributed by atoms with Crippen molar-refractivity contribution < 1.29 is 14.3 Å². The highest BCUT2D eigenvalue weighted by Crippen LogP contribution is 2.28. The number of benzene rings is 1. The SMILES string of the molecule is CCCOc1ccc(/C=N/NC(=O)CSc2nc(C)cc(C)n2)cc1OCC. The first kappa shape index (κ1) is 21.7. The third-order valence-electron chi connectivity index (χ3n) is 3.43. The number of aryl methyl sites for hydroxylation is 2. The van der Waals surface area contributed by atoms with Gasteiger partial charge in [-0.2, -0.15) is 5.10 Å². The fourth-order valence-electron chi connectivity index (χ4n) is 2.30. The van der Waals surface area contributed by atoms with Gasteiger partial charge in [0.05, 0.1) is 25.2 Å². The summed E-state index contributed by atoms with van der Waals surface area (Å²) in [5.41, 5.74) is 5.08. The minimum Gasteiger partial charge on any atom is -0.490 e. The number of amides is 1. The number of nitrogens with one attached hydrogen (secondary N) is 1. The van der Waals surface area contributed by atoms with Crippen molar-refractivity contribution in [2.75, 3.05) is 19.0 Å². The zero-order valence-electron chi connectivity index (χ0n) is 16.7. The third kappa shape index (κ3) is 7.19. The fourth-order valence-corrected chi connectivity index (χ4v) is 3.05. The molecular weight excluding hydrogens is 376 g/mol. The van der Waals surface area contributed by atoms with Crippen LogP contribution in [0.2, 0.25) is 0 Å². The van der Waals surface area contributed by atoms with Gasteiger partial charge in [0.2, 0.25) is 0 Å². The first-order valence-corrected chi connectivity index (χ1v) is 10.2. The lowest BCUT2D eigenvalue weighted by Crippen LogP contribution is -2.19. The molecule has 1 amide bonds. The Bertz CT molecular complexity index is 807. The van der Waals surface area contributed by atoms with E-state index in [2.05, 4.69) is 27.4 Å². The molecule has 0 radical (unpaired) electrons. The van der Waals surface area contributed by atoms with Gasteiger partial charge >= 0.3 is 0 Å². The summed E-state index contributed by atoms with van der Waals surface area (Å²) in [4.78, 5) is 20.6. The number of carbonyl (C=O) groups excluding carboxylic acids is 1. The molecule has 0 saturated heterocycles. The Kier molecular flexibility index (Phi) is 8.74. The molecule has 8 heteroatoms. The Morgan fingerprint density at radius 3 is 2.57 bits per heavy atom. The molecule has 1 aromatic carbocycles. The van der Waals surface area contributed by atoms with Crippen LogP contribution in [-0.4, -0.2) is 41.1 Å². The molecule has 0 unspecified atom stereocenters. The van der Waals surface area contributed by atoms with Gasteiger partial charge in [-0.1, -0.05) is 18.7 Å². The summed E-state index contributed by atoms with van der Waals surface area (Å²) in [6, 6.07) is 7.43. The highest BCUT2D eigenvalue weighted by atomic mass is 32.2. The number of thioether (sulfide) groups is 1. The van der Waals surface area contributed by atoms with Crippen LogP contribution in [0.5, 0.6) is 11.5 Å². The molecule has 0 saturated carbocycles. The summed E-state index contributed by atoms with van der Waals surface area (Å²) < 4.78 is 11.3. The molecule has 28 heavy (non-hydrogen) atoms. The largest absolute Gasteiger partial charge is 0.490 e. The number of rotatable bonds is 10. The van der Waals surface area contributed by atoms with E-state index in [0.29, 0.717) is 29.9 Å². The minimum absolute atomic E-state index is 0.189. The number of nitrogens with zero attached hydrogens (tertiary/aromatic N) is 3. The predicted octanol–water partition coefficient (Wildman–Crippen LogP) is 3.52. The van der Waals surface area contributed by atoms with Crippen LogP contribution in [0.3, 0.4) is 0 Å². The first-order chi connectivity index (χ1) is 13.5. The van der Waals surface area contributed by atoms with Crippen LogP contribution in [0.1, 0.15) is 37.2 Å². The molecular formula is C20H26N4O3S. The van der Waals surface area contributed by atoms with Crippen molar-refractivity contribution in [3.05, 3.63) is 41.2 Å².